The van der Waals surface area contributed by atoms with Gasteiger partial charge in [0.2, 0.25) is 11.8 Å². The number of amides is 1. The summed E-state index contributed by atoms with van der Waals surface area (Å²) in [5, 5.41) is 25.0. The van der Waals surface area contributed by atoms with Crippen LogP contribution >= 0.6 is 0 Å². The van der Waals surface area contributed by atoms with Gasteiger partial charge in [-0.1, -0.05) is 24.3 Å². The second-order valence-electron chi connectivity index (χ2n) is 6.48. The van der Waals surface area contributed by atoms with E-state index in [2.05, 4.69) is 5.18 Å². The molecule has 0 unspecified atom stereocenters. The highest BCUT2D eigenvalue weighted by atomic mass is 16.3. The van der Waals surface area contributed by atoms with Gasteiger partial charge in [-0.05, 0) is 60.4 Å². The third-order valence-corrected chi connectivity index (χ3v) is 5.03. The molecular formula is C21H16N2O4. The molecule has 134 valence electrons. The van der Waals surface area contributed by atoms with Crippen molar-refractivity contribution in [3.05, 3.63) is 70.1 Å². The summed E-state index contributed by atoms with van der Waals surface area (Å²) in [5.74, 6) is -0.954. The zero-order valence-corrected chi connectivity index (χ0v) is 14.7. The summed E-state index contributed by atoms with van der Waals surface area (Å²) >= 11 is 0. The predicted molar refractivity (Wildman–Crippen MR) is 103 cm³/mol. The van der Waals surface area contributed by atoms with E-state index in [0.29, 0.717) is 16.5 Å². The quantitative estimate of drug-likeness (QED) is 0.508. The molecule has 2 aliphatic carbocycles. The average molecular weight is 360 g/mol. The van der Waals surface area contributed by atoms with E-state index < -0.39 is 5.91 Å². The first kappa shape index (κ1) is 16.8. The Bertz CT molecular complexity index is 1170. The largest absolute Gasteiger partial charge is 0.494 e. The van der Waals surface area contributed by atoms with Gasteiger partial charge in [-0.2, -0.15) is 0 Å². The third kappa shape index (κ3) is 2.30. The maximum atomic E-state index is 11.7. The van der Waals surface area contributed by atoms with E-state index in [1.54, 1.807) is 42.5 Å². The summed E-state index contributed by atoms with van der Waals surface area (Å²) in [6, 6.07) is 13.7. The summed E-state index contributed by atoms with van der Waals surface area (Å²) < 4.78 is 1.41. The maximum absolute atomic E-state index is 11.7. The van der Waals surface area contributed by atoms with E-state index in [-0.39, 0.29) is 17.3 Å². The van der Waals surface area contributed by atoms with Gasteiger partial charge in [0.25, 0.3) is 0 Å². The van der Waals surface area contributed by atoms with Crippen molar-refractivity contribution in [2.75, 3.05) is 0 Å². The van der Waals surface area contributed by atoms with Gasteiger partial charge in [0.05, 0.1) is 5.69 Å². The van der Waals surface area contributed by atoms with Crippen molar-refractivity contribution in [3.8, 4) is 28.6 Å². The second-order valence-corrected chi connectivity index (χ2v) is 6.48. The maximum Gasteiger partial charge on any atom is 0.316 e. The van der Waals surface area contributed by atoms with Crippen molar-refractivity contribution in [1.82, 2.24) is 4.57 Å². The van der Waals surface area contributed by atoms with Crippen molar-refractivity contribution in [1.29, 1.82) is 0 Å². The van der Waals surface area contributed by atoms with Gasteiger partial charge in [-0.3, -0.25) is 4.79 Å². The first-order valence-electron chi connectivity index (χ1n) is 8.38. The van der Waals surface area contributed by atoms with Crippen LogP contribution in [0.5, 0.6) is 11.8 Å². The lowest BCUT2D eigenvalue weighted by Gasteiger charge is -2.08. The number of benzene rings is 1. The van der Waals surface area contributed by atoms with Crippen molar-refractivity contribution < 1.29 is 15.0 Å². The predicted octanol–water partition coefficient (Wildman–Crippen LogP) is 4.67. The molecule has 0 saturated carbocycles. The lowest BCUT2D eigenvalue weighted by Crippen LogP contribution is -1.95. The van der Waals surface area contributed by atoms with Crippen LogP contribution in [0, 0.1) is 18.8 Å². The Morgan fingerprint density at radius 2 is 1.48 bits per heavy atom. The molecule has 4 rings (SSSR count). The van der Waals surface area contributed by atoms with Gasteiger partial charge in [0, 0.05) is 21.5 Å². The normalized spacial score (nSPS) is 11.2. The monoisotopic (exact) mass is 360 g/mol. The van der Waals surface area contributed by atoms with Crippen LogP contribution in [0.1, 0.15) is 21.5 Å². The number of rotatable bonds is 2. The number of hydrogen-bond acceptors (Lipinski definition) is 4. The minimum Gasteiger partial charge on any atom is -0.494 e. The lowest BCUT2D eigenvalue weighted by atomic mass is 10.1. The highest BCUT2D eigenvalue weighted by Gasteiger charge is 2.25. The first-order chi connectivity index (χ1) is 13.0. The molecule has 1 amide bonds. The minimum absolute atomic E-state index is 0.0557. The summed E-state index contributed by atoms with van der Waals surface area (Å²) in [5.41, 5.74) is 4.03. The Morgan fingerprint density at radius 3 is 2.07 bits per heavy atom. The minimum atomic E-state index is -0.843. The SMILES string of the molecule is Cc1c2cccc(C(=O)N=O)cc-2c(C)c1-n1c(O)c2ccccc2c1O. The van der Waals surface area contributed by atoms with E-state index in [1.165, 1.54) is 4.57 Å². The highest BCUT2D eigenvalue weighted by molar-refractivity contribution is 5.98. The van der Waals surface area contributed by atoms with Crippen molar-refractivity contribution in [3.63, 3.8) is 0 Å². The van der Waals surface area contributed by atoms with Gasteiger partial charge >= 0.3 is 5.91 Å². The molecule has 1 aromatic carbocycles. The van der Waals surface area contributed by atoms with Crippen molar-refractivity contribution >= 4 is 16.7 Å². The molecule has 0 aliphatic heterocycles. The molecule has 27 heavy (non-hydrogen) atoms. The molecule has 0 bridgehead atoms. The smallest absolute Gasteiger partial charge is 0.316 e. The summed E-state index contributed by atoms with van der Waals surface area (Å²) in [7, 11) is 0. The molecule has 2 aliphatic rings. The topological polar surface area (TPSA) is 91.9 Å². The molecule has 0 spiro atoms. The molecule has 2 aromatic rings. The molecule has 0 fully saturated rings. The zero-order chi connectivity index (χ0) is 19.3. The fraction of sp³-hybridized carbons (Fsp3) is 0.0952. The van der Waals surface area contributed by atoms with Gasteiger partial charge in [0.1, 0.15) is 0 Å². The Kier molecular flexibility index (Phi) is 3.70. The van der Waals surface area contributed by atoms with E-state index >= 15 is 0 Å². The number of nitroso groups, excluding NO2 is 1. The third-order valence-electron chi connectivity index (χ3n) is 5.03. The highest BCUT2D eigenvalue weighted by Crippen LogP contribution is 2.45. The summed E-state index contributed by atoms with van der Waals surface area (Å²) in [4.78, 5) is 22.4. The van der Waals surface area contributed by atoms with Gasteiger partial charge in [-0.25, -0.2) is 4.57 Å². The Balaban J connectivity index is 2.08. The molecule has 2 N–H and O–H groups in total. The lowest BCUT2D eigenvalue weighted by molar-refractivity contribution is 0.100. The molecular weight excluding hydrogens is 344 g/mol. The fourth-order valence-corrected chi connectivity index (χ4v) is 3.74. The van der Waals surface area contributed by atoms with E-state index in [1.807, 2.05) is 19.9 Å². The number of hydrogen-bond donors (Lipinski definition) is 2. The molecule has 1 heterocycles. The van der Waals surface area contributed by atoms with Crippen LogP contribution in [0.4, 0.5) is 0 Å². The molecule has 6 heteroatoms. The second kappa shape index (κ2) is 5.95. The molecule has 0 saturated heterocycles. The van der Waals surface area contributed by atoms with Crippen LogP contribution in [0.15, 0.2) is 53.7 Å². The van der Waals surface area contributed by atoms with E-state index in [4.69, 9.17) is 0 Å². The molecule has 1 aromatic heterocycles. The molecule has 6 nitrogen and oxygen atoms in total. The van der Waals surface area contributed by atoms with Gasteiger partial charge < -0.3 is 10.2 Å². The molecule has 0 radical (unpaired) electrons. The molecule has 0 atom stereocenters. The Hall–Kier alpha value is -3.67. The summed E-state index contributed by atoms with van der Waals surface area (Å²) in [6.07, 6.45) is 0. The fourth-order valence-electron chi connectivity index (χ4n) is 3.74. The van der Waals surface area contributed by atoms with Crippen LogP contribution < -0.4 is 0 Å². The van der Waals surface area contributed by atoms with E-state index in [0.717, 1.165) is 22.3 Å². The number of nitrogens with zero attached hydrogens (tertiary/aromatic N) is 2. The van der Waals surface area contributed by atoms with Crippen LogP contribution in [0.2, 0.25) is 0 Å². The van der Waals surface area contributed by atoms with Gasteiger partial charge in [0.15, 0.2) is 0 Å². The van der Waals surface area contributed by atoms with Crippen molar-refractivity contribution in [2.24, 2.45) is 5.18 Å². The van der Waals surface area contributed by atoms with Crippen LogP contribution in [-0.4, -0.2) is 20.7 Å². The average Bonchev–Trinajstić information content (AvgIpc) is 2.94. The van der Waals surface area contributed by atoms with E-state index in [9.17, 15) is 19.9 Å². The number of carbonyl (C=O) groups is 1. The van der Waals surface area contributed by atoms with Crippen LogP contribution in [-0.2, 0) is 0 Å². The Morgan fingerprint density at radius 1 is 0.889 bits per heavy atom. The number of carbonyl (C=O) groups excluding carboxylic acids is 1. The van der Waals surface area contributed by atoms with Crippen LogP contribution in [0.3, 0.4) is 0 Å². The van der Waals surface area contributed by atoms with Crippen molar-refractivity contribution in [2.45, 2.75) is 13.8 Å². The number of aromatic nitrogens is 1. The standard InChI is InChI=1S/C21H16N2O4/c1-11-14-9-5-6-13(19(24)22-27)10-17(14)12(2)18(11)23-20(25)15-7-3-4-8-16(15)21(23)26/h3-10,25-26H,1-2H3. The number of aromatic hydroxyl groups is 2. The van der Waals surface area contributed by atoms with Gasteiger partial charge in [-0.15, -0.1) is 4.91 Å². The van der Waals surface area contributed by atoms with Crippen LogP contribution in [0.25, 0.3) is 27.6 Å². The first-order valence-corrected chi connectivity index (χ1v) is 8.38. The summed E-state index contributed by atoms with van der Waals surface area (Å²) in [6.45, 7) is 3.73. The zero-order valence-electron chi connectivity index (χ0n) is 14.7. The number of fused-ring (bicyclic) bond motifs is 2. The Labute approximate surface area is 154 Å².